The van der Waals surface area contributed by atoms with Crippen LogP contribution in [0.15, 0.2) is 22.7 Å². The van der Waals surface area contributed by atoms with Crippen molar-refractivity contribution in [2.24, 2.45) is 5.41 Å². The standard InChI is InChI=1S/C23H37BrF3N3O2SSi/c1-21(2,3)33(31)29-18(14-22(4,5)23(25,26)27)20-28-17-13-16(24)9-10-19(17)30(20)15-32-11-12-34(6,7)8/h9-10,13,18,29H,11-12,14-15H2,1-8H3/t18-,33-/m0/s1. The fourth-order valence-corrected chi connectivity index (χ4v) is 5.08. The van der Waals surface area contributed by atoms with Gasteiger partial charge in [0.15, 0.2) is 0 Å². The third kappa shape index (κ3) is 7.88. The molecule has 2 atom stereocenters. The van der Waals surface area contributed by atoms with E-state index in [0.717, 1.165) is 29.9 Å². The first-order valence-corrected chi connectivity index (χ1v) is 16.9. The molecule has 0 bridgehead atoms. The molecule has 1 aromatic carbocycles. The van der Waals surface area contributed by atoms with Crippen molar-refractivity contribution in [2.45, 2.75) is 90.4 Å². The molecule has 0 unspecified atom stereocenters. The summed E-state index contributed by atoms with van der Waals surface area (Å²) in [6.45, 7) is 15.2. The van der Waals surface area contributed by atoms with Crippen LogP contribution in [0.1, 0.15) is 52.9 Å². The minimum Gasteiger partial charge on any atom is -0.361 e. The predicted molar refractivity (Wildman–Crippen MR) is 140 cm³/mol. The van der Waals surface area contributed by atoms with Crippen LogP contribution in [0.25, 0.3) is 11.0 Å². The fourth-order valence-electron chi connectivity index (χ4n) is 3.18. The van der Waals surface area contributed by atoms with Crippen LogP contribution in [-0.2, 0) is 22.5 Å². The van der Waals surface area contributed by atoms with Crippen LogP contribution in [0.3, 0.4) is 0 Å². The van der Waals surface area contributed by atoms with Crippen LogP contribution < -0.4 is 4.72 Å². The van der Waals surface area contributed by atoms with Gasteiger partial charge in [0.05, 0.1) is 38.2 Å². The fraction of sp³-hybridized carbons (Fsp3) is 0.696. The third-order valence-electron chi connectivity index (χ3n) is 5.56. The highest BCUT2D eigenvalue weighted by Gasteiger charge is 2.49. The van der Waals surface area contributed by atoms with E-state index in [2.05, 4.69) is 40.3 Å². The van der Waals surface area contributed by atoms with Crippen molar-refractivity contribution in [3.63, 3.8) is 0 Å². The molecule has 0 amide bonds. The molecule has 0 saturated heterocycles. The van der Waals surface area contributed by atoms with Crippen LogP contribution in [0.2, 0.25) is 25.7 Å². The summed E-state index contributed by atoms with van der Waals surface area (Å²) in [5.74, 6) is 0.385. The van der Waals surface area contributed by atoms with E-state index in [1.807, 2.05) is 18.2 Å². The monoisotopic (exact) mass is 583 g/mol. The second-order valence-corrected chi connectivity index (χ2v) is 20.1. The quantitative estimate of drug-likeness (QED) is 0.238. The van der Waals surface area contributed by atoms with Gasteiger partial charge in [0, 0.05) is 19.2 Å². The maximum Gasteiger partial charge on any atom is 0.394 e. The van der Waals surface area contributed by atoms with Gasteiger partial charge >= 0.3 is 6.18 Å². The lowest BCUT2D eigenvalue weighted by molar-refractivity contribution is -0.215. The Hall–Kier alpha value is -0.753. The van der Waals surface area contributed by atoms with Crippen LogP contribution in [-0.4, -0.2) is 39.4 Å². The molecule has 0 aliphatic rings. The van der Waals surface area contributed by atoms with Crippen LogP contribution in [0.4, 0.5) is 13.2 Å². The van der Waals surface area contributed by atoms with Gasteiger partial charge in [0.2, 0.25) is 0 Å². The Morgan fingerprint density at radius 1 is 1.18 bits per heavy atom. The molecule has 0 fully saturated rings. The molecule has 0 aliphatic carbocycles. The normalized spacial score (nSPS) is 15.6. The van der Waals surface area contributed by atoms with Crippen molar-refractivity contribution < 1.29 is 22.1 Å². The summed E-state index contributed by atoms with van der Waals surface area (Å²) in [5, 5.41) is 0. The van der Waals surface area contributed by atoms with Gasteiger partial charge in [-0.25, -0.2) is 13.9 Å². The number of rotatable bonds is 10. The minimum atomic E-state index is -4.43. The number of hydrogen-bond acceptors (Lipinski definition) is 3. The number of nitrogens with one attached hydrogen (secondary N) is 1. The van der Waals surface area contributed by atoms with Gasteiger partial charge in [-0.3, -0.25) is 0 Å². The molecular formula is C23H37BrF3N3O2SSi. The first-order valence-electron chi connectivity index (χ1n) is 11.3. The summed E-state index contributed by atoms with van der Waals surface area (Å²) in [6, 6.07) is 5.62. The molecule has 1 N–H and O–H groups in total. The summed E-state index contributed by atoms with van der Waals surface area (Å²) < 4.78 is 65.4. The highest BCUT2D eigenvalue weighted by atomic mass is 79.9. The summed E-state index contributed by atoms with van der Waals surface area (Å²) in [6.07, 6.45) is -4.75. The Morgan fingerprint density at radius 3 is 2.32 bits per heavy atom. The summed E-state index contributed by atoms with van der Waals surface area (Å²) in [5.41, 5.74) is -0.629. The van der Waals surface area contributed by atoms with Crippen molar-refractivity contribution in [3.8, 4) is 0 Å². The van der Waals surface area contributed by atoms with E-state index in [1.165, 1.54) is 0 Å². The van der Waals surface area contributed by atoms with E-state index in [0.29, 0.717) is 17.9 Å². The molecule has 0 aliphatic heterocycles. The molecule has 5 nitrogen and oxygen atoms in total. The number of hydrogen-bond donors (Lipinski definition) is 1. The zero-order valence-corrected chi connectivity index (χ0v) is 24.7. The van der Waals surface area contributed by atoms with Gasteiger partial charge in [-0.1, -0.05) is 49.4 Å². The van der Waals surface area contributed by atoms with E-state index in [4.69, 9.17) is 9.72 Å². The molecule has 194 valence electrons. The van der Waals surface area contributed by atoms with Crippen molar-refractivity contribution in [2.75, 3.05) is 6.61 Å². The highest BCUT2D eigenvalue weighted by Crippen LogP contribution is 2.44. The number of imidazole rings is 1. The Balaban J connectivity index is 2.53. The van der Waals surface area contributed by atoms with Crippen molar-refractivity contribution >= 4 is 46.0 Å². The average Bonchev–Trinajstić information content (AvgIpc) is 2.99. The number of alkyl halides is 3. The van der Waals surface area contributed by atoms with Gasteiger partial charge in [-0.2, -0.15) is 13.2 Å². The summed E-state index contributed by atoms with van der Waals surface area (Å²) in [4.78, 5) is 4.70. The number of ether oxygens (including phenoxy) is 1. The average molecular weight is 585 g/mol. The minimum absolute atomic E-state index is 0.157. The number of nitrogens with zero attached hydrogens (tertiary/aromatic N) is 2. The maximum atomic E-state index is 13.8. The number of benzene rings is 1. The molecule has 2 aromatic rings. The van der Waals surface area contributed by atoms with Gasteiger partial charge in [0.25, 0.3) is 0 Å². The zero-order valence-electron chi connectivity index (χ0n) is 21.3. The molecule has 0 radical (unpaired) electrons. The second kappa shape index (κ2) is 10.7. The van der Waals surface area contributed by atoms with Crippen LogP contribution in [0.5, 0.6) is 0 Å². The van der Waals surface area contributed by atoms with E-state index >= 15 is 0 Å². The van der Waals surface area contributed by atoms with Crippen molar-refractivity contribution in [1.29, 1.82) is 0 Å². The lowest BCUT2D eigenvalue weighted by Crippen LogP contribution is -2.41. The third-order valence-corrected chi connectivity index (χ3v) is 9.36. The highest BCUT2D eigenvalue weighted by molar-refractivity contribution is 9.10. The Bertz CT molecular complexity index is 1010. The maximum absolute atomic E-state index is 13.8. The smallest absolute Gasteiger partial charge is 0.361 e. The molecule has 11 heteroatoms. The SMILES string of the molecule is CC(C)(C)[S@](=O)N[C@@H](CC(C)(C)C(F)(F)F)c1nc2cc(Br)ccc2n1COCC[Si](C)(C)C. The first-order chi connectivity index (χ1) is 15.3. The predicted octanol–water partition coefficient (Wildman–Crippen LogP) is 7.18. The second-order valence-electron chi connectivity index (χ2n) is 11.5. The van der Waals surface area contributed by atoms with Crippen LogP contribution >= 0.6 is 15.9 Å². The van der Waals surface area contributed by atoms with Gasteiger partial charge in [0.1, 0.15) is 12.6 Å². The van der Waals surface area contributed by atoms with Gasteiger partial charge in [-0.15, -0.1) is 0 Å². The summed E-state index contributed by atoms with van der Waals surface area (Å²) in [7, 11) is -2.90. The van der Waals surface area contributed by atoms with Crippen molar-refractivity contribution in [1.82, 2.24) is 14.3 Å². The van der Waals surface area contributed by atoms with E-state index in [9.17, 15) is 17.4 Å². The van der Waals surface area contributed by atoms with Crippen LogP contribution in [0, 0.1) is 5.41 Å². The van der Waals surface area contributed by atoms with Gasteiger partial charge in [-0.05, 0) is 51.4 Å². The van der Waals surface area contributed by atoms with Gasteiger partial charge < -0.3 is 9.30 Å². The Kier molecular flexibility index (Phi) is 9.28. The number of fused-ring (bicyclic) bond motifs is 1. The zero-order chi connectivity index (χ0) is 26.1. The molecule has 1 aromatic heterocycles. The molecule has 2 rings (SSSR count). The number of aromatic nitrogens is 2. The van der Waals surface area contributed by atoms with E-state index < -0.39 is 41.4 Å². The molecule has 0 spiro atoms. The van der Waals surface area contributed by atoms with E-state index in [1.54, 1.807) is 25.3 Å². The van der Waals surface area contributed by atoms with Crippen molar-refractivity contribution in [3.05, 3.63) is 28.5 Å². The molecule has 0 saturated carbocycles. The largest absolute Gasteiger partial charge is 0.394 e. The summed E-state index contributed by atoms with van der Waals surface area (Å²) >= 11 is 3.44. The van der Waals surface area contributed by atoms with E-state index in [-0.39, 0.29) is 13.2 Å². The molecular weight excluding hydrogens is 547 g/mol. The topological polar surface area (TPSA) is 56.2 Å². The lowest BCUT2D eigenvalue weighted by atomic mass is 9.85. The molecule has 34 heavy (non-hydrogen) atoms. The Labute approximate surface area is 213 Å². The molecule has 1 heterocycles. The first kappa shape index (κ1) is 29.5. The lowest BCUT2D eigenvalue weighted by Gasteiger charge is -2.33. The number of halogens is 4. The Morgan fingerprint density at radius 2 is 1.79 bits per heavy atom.